The first-order chi connectivity index (χ1) is 15.3. The number of rotatable bonds is 7. The van der Waals surface area contributed by atoms with Gasteiger partial charge in [0.2, 0.25) is 10.0 Å². The lowest BCUT2D eigenvalue weighted by Crippen LogP contribution is -2.41. The highest BCUT2D eigenvalue weighted by Crippen LogP contribution is 2.15. The van der Waals surface area contributed by atoms with Crippen LogP contribution in [0.1, 0.15) is 51.6 Å². The molecule has 7 nitrogen and oxygen atoms in total. The molecule has 0 spiro atoms. The van der Waals surface area contributed by atoms with Gasteiger partial charge in [-0.3, -0.25) is 20.4 Å². The summed E-state index contributed by atoms with van der Waals surface area (Å²) in [6, 6.07) is 21.8. The number of benzene rings is 3. The standard InChI is InChI=1S/C24H25N3O4S/c1-17(2)19-11-13-20(14-12-19)23(28)26-27-24(29)21-9-6-10-22(15-21)32(30,31)25-16-18-7-4-3-5-8-18/h3-15,17,25H,16H2,1-2H3,(H,26,28)(H,27,29). The molecule has 0 atom stereocenters. The van der Waals surface area contributed by atoms with Crippen molar-refractivity contribution >= 4 is 21.8 Å². The largest absolute Gasteiger partial charge is 0.269 e. The fourth-order valence-electron chi connectivity index (χ4n) is 2.94. The summed E-state index contributed by atoms with van der Waals surface area (Å²) >= 11 is 0. The van der Waals surface area contributed by atoms with E-state index in [0.29, 0.717) is 11.5 Å². The van der Waals surface area contributed by atoms with Crippen LogP contribution in [0.15, 0.2) is 83.8 Å². The lowest BCUT2D eigenvalue weighted by atomic mass is 10.0. The van der Waals surface area contributed by atoms with Crippen LogP contribution in [0.3, 0.4) is 0 Å². The molecule has 0 aliphatic heterocycles. The molecule has 0 fully saturated rings. The normalized spacial score (nSPS) is 11.2. The number of hydrogen-bond donors (Lipinski definition) is 3. The van der Waals surface area contributed by atoms with Crippen molar-refractivity contribution in [3.63, 3.8) is 0 Å². The van der Waals surface area contributed by atoms with Gasteiger partial charge in [-0.1, -0.05) is 62.4 Å². The Bertz CT molecular complexity index is 1190. The minimum absolute atomic E-state index is 0.0447. The van der Waals surface area contributed by atoms with Crippen molar-refractivity contribution < 1.29 is 18.0 Å². The number of nitrogens with one attached hydrogen (secondary N) is 3. The maximum atomic E-state index is 12.6. The van der Waals surface area contributed by atoms with Crippen molar-refractivity contribution in [1.29, 1.82) is 0 Å². The van der Waals surface area contributed by atoms with E-state index >= 15 is 0 Å². The zero-order valence-electron chi connectivity index (χ0n) is 17.8. The van der Waals surface area contributed by atoms with E-state index < -0.39 is 21.8 Å². The van der Waals surface area contributed by atoms with Gasteiger partial charge >= 0.3 is 0 Å². The van der Waals surface area contributed by atoms with E-state index in [-0.39, 0.29) is 17.0 Å². The van der Waals surface area contributed by atoms with Crippen molar-refractivity contribution in [3.8, 4) is 0 Å². The minimum Gasteiger partial charge on any atom is -0.267 e. The smallest absolute Gasteiger partial charge is 0.267 e. The second-order valence-electron chi connectivity index (χ2n) is 7.52. The first-order valence-corrected chi connectivity index (χ1v) is 11.6. The number of hydrogen-bond acceptors (Lipinski definition) is 4. The Hall–Kier alpha value is -3.49. The fourth-order valence-corrected chi connectivity index (χ4v) is 4.00. The summed E-state index contributed by atoms with van der Waals surface area (Å²) in [4.78, 5) is 24.7. The van der Waals surface area contributed by atoms with Crippen LogP contribution in [0.5, 0.6) is 0 Å². The van der Waals surface area contributed by atoms with Gasteiger partial charge in [0.15, 0.2) is 0 Å². The van der Waals surface area contributed by atoms with Crippen LogP contribution in [0.4, 0.5) is 0 Å². The van der Waals surface area contributed by atoms with Gasteiger partial charge in [0, 0.05) is 17.7 Å². The van der Waals surface area contributed by atoms with Crippen LogP contribution in [0.25, 0.3) is 0 Å². The van der Waals surface area contributed by atoms with Crippen molar-refractivity contribution in [2.75, 3.05) is 0 Å². The quantitative estimate of drug-likeness (QED) is 0.479. The topological polar surface area (TPSA) is 104 Å². The molecule has 0 saturated heterocycles. The fraction of sp³-hybridized carbons (Fsp3) is 0.167. The van der Waals surface area contributed by atoms with E-state index in [1.807, 2.05) is 42.5 Å². The second-order valence-corrected chi connectivity index (χ2v) is 9.29. The Kier molecular flexibility index (Phi) is 7.40. The molecule has 32 heavy (non-hydrogen) atoms. The summed E-state index contributed by atoms with van der Waals surface area (Å²) in [5, 5.41) is 0. The van der Waals surface area contributed by atoms with E-state index in [4.69, 9.17) is 0 Å². The first kappa shape index (κ1) is 23.2. The van der Waals surface area contributed by atoms with Gasteiger partial charge in [-0.25, -0.2) is 13.1 Å². The van der Waals surface area contributed by atoms with E-state index in [1.165, 1.54) is 24.3 Å². The van der Waals surface area contributed by atoms with Crippen molar-refractivity contribution in [2.45, 2.75) is 31.2 Å². The third-order valence-corrected chi connectivity index (χ3v) is 6.24. The molecule has 0 radical (unpaired) electrons. The van der Waals surface area contributed by atoms with Crippen LogP contribution in [0, 0.1) is 0 Å². The molecule has 0 aliphatic carbocycles. The van der Waals surface area contributed by atoms with E-state index in [1.54, 1.807) is 12.1 Å². The molecule has 3 rings (SSSR count). The maximum Gasteiger partial charge on any atom is 0.269 e. The van der Waals surface area contributed by atoms with E-state index in [0.717, 1.165) is 11.1 Å². The molecule has 0 aromatic heterocycles. The van der Waals surface area contributed by atoms with Crippen LogP contribution < -0.4 is 15.6 Å². The monoisotopic (exact) mass is 451 g/mol. The summed E-state index contributed by atoms with van der Waals surface area (Å²) in [5.74, 6) is -0.753. The van der Waals surface area contributed by atoms with Gasteiger partial charge in [-0.05, 0) is 47.4 Å². The highest BCUT2D eigenvalue weighted by atomic mass is 32.2. The molecule has 3 aromatic rings. The molecule has 0 bridgehead atoms. The van der Waals surface area contributed by atoms with E-state index in [2.05, 4.69) is 29.4 Å². The Morgan fingerprint density at radius 3 is 2.03 bits per heavy atom. The molecule has 3 N–H and O–H groups in total. The SMILES string of the molecule is CC(C)c1ccc(C(=O)NNC(=O)c2cccc(S(=O)(=O)NCc3ccccc3)c2)cc1. The van der Waals surface area contributed by atoms with Gasteiger partial charge in [0.1, 0.15) is 0 Å². The Balaban J connectivity index is 1.62. The average Bonchev–Trinajstić information content (AvgIpc) is 2.82. The number of hydrazine groups is 1. The Morgan fingerprint density at radius 2 is 1.41 bits per heavy atom. The van der Waals surface area contributed by atoms with Gasteiger partial charge in [0.05, 0.1) is 4.90 Å². The highest BCUT2D eigenvalue weighted by Gasteiger charge is 2.17. The second kappa shape index (κ2) is 10.2. The molecule has 0 aliphatic rings. The van der Waals surface area contributed by atoms with Crippen LogP contribution in [0.2, 0.25) is 0 Å². The molecule has 8 heteroatoms. The summed E-state index contributed by atoms with van der Waals surface area (Å²) in [7, 11) is -3.82. The van der Waals surface area contributed by atoms with Gasteiger partial charge in [-0.15, -0.1) is 0 Å². The Labute approximate surface area is 187 Å². The summed E-state index contributed by atoms with van der Waals surface area (Å²) in [6.07, 6.45) is 0. The number of carbonyl (C=O) groups is 2. The van der Waals surface area contributed by atoms with Crippen LogP contribution in [-0.4, -0.2) is 20.2 Å². The Morgan fingerprint density at radius 1 is 0.781 bits per heavy atom. The predicted octanol–water partition coefficient (Wildman–Crippen LogP) is 3.36. The van der Waals surface area contributed by atoms with Gasteiger partial charge in [0.25, 0.3) is 11.8 Å². The third-order valence-electron chi connectivity index (χ3n) is 4.84. The average molecular weight is 452 g/mol. The first-order valence-electron chi connectivity index (χ1n) is 10.1. The third kappa shape index (κ3) is 6.03. The number of sulfonamides is 1. The molecule has 2 amide bonds. The number of carbonyl (C=O) groups excluding carboxylic acids is 2. The molecular formula is C24H25N3O4S. The number of amides is 2. The molecule has 0 saturated carbocycles. The molecule has 0 heterocycles. The summed E-state index contributed by atoms with van der Waals surface area (Å²) in [6.45, 7) is 4.24. The maximum absolute atomic E-state index is 12.6. The lowest BCUT2D eigenvalue weighted by Gasteiger charge is -2.11. The molecule has 0 unspecified atom stereocenters. The molecule has 3 aromatic carbocycles. The van der Waals surface area contributed by atoms with E-state index in [9.17, 15) is 18.0 Å². The predicted molar refractivity (Wildman–Crippen MR) is 122 cm³/mol. The van der Waals surface area contributed by atoms with Crippen LogP contribution in [-0.2, 0) is 16.6 Å². The lowest BCUT2D eigenvalue weighted by molar-refractivity contribution is 0.0846. The van der Waals surface area contributed by atoms with Crippen LogP contribution >= 0.6 is 0 Å². The van der Waals surface area contributed by atoms with Gasteiger partial charge < -0.3 is 0 Å². The van der Waals surface area contributed by atoms with Crippen molar-refractivity contribution in [2.24, 2.45) is 0 Å². The molecule has 166 valence electrons. The zero-order valence-corrected chi connectivity index (χ0v) is 18.6. The zero-order chi connectivity index (χ0) is 23.1. The highest BCUT2D eigenvalue weighted by molar-refractivity contribution is 7.89. The van der Waals surface area contributed by atoms with Gasteiger partial charge in [-0.2, -0.15) is 0 Å². The molecular weight excluding hydrogens is 426 g/mol. The minimum atomic E-state index is -3.82. The van der Waals surface area contributed by atoms with Crippen molar-refractivity contribution in [1.82, 2.24) is 15.6 Å². The summed E-state index contributed by atoms with van der Waals surface area (Å²) < 4.78 is 27.7. The summed E-state index contributed by atoms with van der Waals surface area (Å²) in [5.41, 5.74) is 7.08. The van der Waals surface area contributed by atoms with Crippen molar-refractivity contribution in [3.05, 3.63) is 101 Å².